The van der Waals surface area contributed by atoms with Gasteiger partial charge < -0.3 is 10.6 Å². The summed E-state index contributed by atoms with van der Waals surface area (Å²) in [4.78, 5) is 12.1. The Bertz CT molecular complexity index is 344. The molecule has 1 aliphatic rings. The van der Waals surface area contributed by atoms with Gasteiger partial charge in [0.05, 0.1) is 5.33 Å². The second-order valence-corrected chi connectivity index (χ2v) is 5.82. The first-order chi connectivity index (χ1) is 7.55. The van der Waals surface area contributed by atoms with Gasteiger partial charge in [-0.2, -0.15) is 0 Å². The van der Waals surface area contributed by atoms with Crippen molar-refractivity contribution in [1.82, 2.24) is 10.6 Å². The summed E-state index contributed by atoms with van der Waals surface area (Å²) in [5.41, 5.74) is 1.05. The molecule has 0 aromatic rings. The van der Waals surface area contributed by atoms with Gasteiger partial charge >= 0.3 is 0 Å². The van der Waals surface area contributed by atoms with Crippen molar-refractivity contribution in [2.75, 3.05) is 17.8 Å². The molecule has 2 N–H and O–H groups in total. The molecule has 0 aromatic heterocycles. The van der Waals surface area contributed by atoms with Crippen molar-refractivity contribution in [3.05, 3.63) is 22.8 Å². The molecule has 0 aromatic carbocycles. The fourth-order valence-electron chi connectivity index (χ4n) is 1.41. The summed E-state index contributed by atoms with van der Waals surface area (Å²) in [6.07, 6.45) is 8.10. The van der Waals surface area contributed by atoms with E-state index in [4.69, 9.17) is 0 Å². The number of allylic oxidation sites excluding steroid dienone is 2. The van der Waals surface area contributed by atoms with Crippen LogP contribution >= 0.6 is 39.5 Å². The lowest BCUT2D eigenvalue weighted by atomic mass is 10.2. The predicted octanol–water partition coefficient (Wildman–Crippen LogP) is 2.27. The van der Waals surface area contributed by atoms with Gasteiger partial charge in [-0.25, -0.2) is 0 Å². The Kier molecular flexibility index (Phi) is 5.27. The van der Waals surface area contributed by atoms with Crippen LogP contribution in [0.2, 0.25) is 0 Å². The van der Waals surface area contributed by atoms with E-state index in [0.717, 1.165) is 10.6 Å². The number of halogens is 1. The number of rotatable bonds is 4. The molecule has 90 valence electrons. The summed E-state index contributed by atoms with van der Waals surface area (Å²) in [5.74, 6) is -0.0340. The van der Waals surface area contributed by atoms with Gasteiger partial charge in [-0.05, 0) is 31.6 Å². The summed E-state index contributed by atoms with van der Waals surface area (Å²) in [5, 5.41) is 6.56. The quantitative estimate of drug-likeness (QED) is 0.615. The molecular weight excluding hydrogens is 308 g/mol. The van der Waals surface area contributed by atoms with Crippen LogP contribution in [0.15, 0.2) is 22.8 Å². The molecule has 1 atom stereocenters. The Morgan fingerprint density at radius 3 is 2.81 bits per heavy atom. The number of carbonyl (C=O) groups excluding carboxylic acids is 1. The SMILES string of the molecule is CSC1=CC(NC(=O)CBr)(SC)NC(C)=C1. The van der Waals surface area contributed by atoms with Crippen LogP contribution in [-0.2, 0) is 4.79 Å². The highest BCUT2D eigenvalue weighted by molar-refractivity contribution is 9.09. The van der Waals surface area contributed by atoms with Crippen LogP contribution in [0, 0.1) is 0 Å². The highest BCUT2D eigenvalue weighted by Gasteiger charge is 2.30. The van der Waals surface area contributed by atoms with E-state index in [1.54, 1.807) is 23.5 Å². The van der Waals surface area contributed by atoms with E-state index in [-0.39, 0.29) is 5.91 Å². The first-order valence-electron chi connectivity index (χ1n) is 4.70. The third-order valence-electron chi connectivity index (χ3n) is 2.09. The Morgan fingerprint density at radius 1 is 1.62 bits per heavy atom. The normalized spacial score (nSPS) is 24.2. The standard InChI is InChI=1S/C10H15BrN2OS2/c1-7-4-8(15-2)5-10(12-7,16-3)13-9(14)6-11/h4-5,12H,6H2,1-3H3,(H,13,14). The molecule has 1 heterocycles. The highest BCUT2D eigenvalue weighted by Crippen LogP contribution is 2.29. The van der Waals surface area contributed by atoms with Crippen LogP contribution in [0.25, 0.3) is 0 Å². The largest absolute Gasteiger partial charge is 0.355 e. The maximum Gasteiger partial charge on any atom is 0.233 e. The highest BCUT2D eigenvalue weighted by atomic mass is 79.9. The summed E-state index contributed by atoms with van der Waals surface area (Å²) in [7, 11) is 0. The molecule has 1 unspecified atom stereocenters. The fraction of sp³-hybridized carbons (Fsp3) is 0.500. The van der Waals surface area contributed by atoms with E-state index in [9.17, 15) is 4.79 Å². The molecular formula is C10H15BrN2OS2. The van der Waals surface area contributed by atoms with E-state index in [2.05, 4.69) is 32.6 Å². The van der Waals surface area contributed by atoms with Crippen LogP contribution in [0.1, 0.15) is 6.92 Å². The van der Waals surface area contributed by atoms with Crippen molar-refractivity contribution in [2.24, 2.45) is 0 Å². The first kappa shape index (κ1) is 14.0. The first-order valence-corrected chi connectivity index (χ1v) is 8.28. The van der Waals surface area contributed by atoms with Crippen molar-refractivity contribution in [3.63, 3.8) is 0 Å². The molecule has 0 fully saturated rings. The number of alkyl halides is 1. The molecule has 0 saturated carbocycles. The van der Waals surface area contributed by atoms with Crippen molar-refractivity contribution in [1.29, 1.82) is 0 Å². The number of hydrogen-bond acceptors (Lipinski definition) is 4. The Balaban J connectivity index is 2.92. The van der Waals surface area contributed by atoms with Gasteiger partial charge in [0.1, 0.15) is 0 Å². The van der Waals surface area contributed by atoms with Crippen LogP contribution in [0.4, 0.5) is 0 Å². The second kappa shape index (κ2) is 6.02. The lowest BCUT2D eigenvalue weighted by Crippen LogP contribution is -2.55. The fourth-order valence-corrected chi connectivity index (χ4v) is 2.93. The van der Waals surface area contributed by atoms with Crippen LogP contribution < -0.4 is 10.6 Å². The van der Waals surface area contributed by atoms with Gasteiger partial charge in [-0.3, -0.25) is 4.79 Å². The molecule has 1 aliphatic heterocycles. The van der Waals surface area contributed by atoms with E-state index in [1.165, 1.54) is 0 Å². The van der Waals surface area contributed by atoms with Crippen molar-refractivity contribution < 1.29 is 4.79 Å². The monoisotopic (exact) mass is 322 g/mol. The second-order valence-electron chi connectivity index (χ2n) is 3.32. The molecule has 0 radical (unpaired) electrons. The van der Waals surface area contributed by atoms with Gasteiger partial charge in [0.15, 0.2) is 4.99 Å². The topological polar surface area (TPSA) is 41.1 Å². The Morgan fingerprint density at radius 2 is 2.31 bits per heavy atom. The van der Waals surface area contributed by atoms with E-state index in [0.29, 0.717) is 5.33 Å². The zero-order valence-electron chi connectivity index (χ0n) is 9.46. The molecule has 0 saturated heterocycles. The van der Waals surface area contributed by atoms with E-state index >= 15 is 0 Å². The summed E-state index contributed by atoms with van der Waals surface area (Å²) in [6, 6.07) is 0. The van der Waals surface area contributed by atoms with Crippen LogP contribution in [0.3, 0.4) is 0 Å². The van der Waals surface area contributed by atoms with Crippen LogP contribution in [-0.4, -0.2) is 28.7 Å². The molecule has 1 amide bonds. The Labute approximate surface area is 113 Å². The smallest absolute Gasteiger partial charge is 0.233 e. The molecule has 0 aliphatic carbocycles. The number of carbonyl (C=O) groups is 1. The number of amides is 1. The van der Waals surface area contributed by atoms with Gasteiger partial charge in [0.25, 0.3) is 0 Å². The van der Waals surface area contributed by atoms with Crippen molar-refractivity contribution in [2.45, 2.75) is 11.9 Å². The summed E-state index contributed by atoms with van der Waals surface area (Å²) >= 11 is 6.39. The zero-order chi connectivity index (χ0) is 12.2. The molecule has 3 nitrogen and oxygen atoms in total. The molecule has 16 heavy (non-hydrogen) atoms. The lowest BCUT2D eigenvalue weighted by Gasteiger charge is -2.35. The van der Waals surface area contributed by atoms with Gasteiger partial charge in [0, 0.05) is 10.6 Å². The molecule has 6 heteroatoms. The third kappa shape index (κ3) is 3.46. The van der Waals surface area contributed by atoms with Crippen molar-refractivity contribution in [3.8, 4) is 0 Å². The van der Waals surface area contributed by atoms with E-state index < -0.39 is 4.99 Å². The lowest BCUT2D eigenvalue weighted by molar-refractivity contribution is -0.119. The predicted molar refractivity (Wildman–Crippen MR) is 76.7 cm³/mol. The molecule has 0 bridgehead atoms. The minimum atomic E-state index is -0.526. The maximum atomic E-state index is 11.5. The summed E-state index contributed by atoms with van der Waals surface area (Å²) in [6.45, 7) is 1.99. The number of dihydropyridines is 1. The maximum absolute atomic E-state index is 11.5. The molecule has 1 rings (SSSR count). The minimum absolute atomic E-state index is 0.0340. The Hall–Kier alpha value is -0.0700. The zero-order valence-corrected chi connectivity index (χ0v) is 12.7. The van der Waals surface area contributed by atoms with E-state index in [1.807, 2.05) is 25.5 Å². The van der Waals surface area contributed by atoms with Crippen LogP contribution in [0.5, 0.6) is 0 Å². The third-order valence-corrected chi connectivity index (χ3v) is 4.27. The van der Waals surface area contributed by atoms with Crippen molar-refractivity contribution >= 4 is 45.4 Å². The number of nitrogens with one attached hydrogen (secondary N) is 2. The average molecular weight is 323 g/mol. The summed E-state index contributed by atoms with van der Waals surface area (Å²) < 4.78 is 0. The molecule has 0 spiro atoms. The van der Waals surface area contributed by atoms with Gasteiger partial charge in [-0.15, -0.1) is 23.5 Å². The number of hydrogen-bond donors (Lipinski definition) is 2. The van der Waals surface area contributed by atoms with Gasteiger partial charge in [-0.1, -0.05) is 15.9 Å². The average Bonchev–Trinajstić information content (AvgIpc) is 2.28. The minimum Gasteiger partial charge on any atom is -0.355 e. The number of thioether (sulfide) groups is 2. The van der Waals surface area contributed by atoms with Gasteiger partial charge in [0.2, 0.25) is 5.91 Å².